The molecule has 0 radical (unpaired) electrons. The van der Waals surface area contributed by atoms with Crippen molar-refractivity contribution in [2.75, 3.05) is 25.6 Å². The van der Waals surface area contributed by atoms with Gasteiger partial charge in [-0.1, -0.05) is 18.2 Å². The van der Waals surface area contributed by atoms with Crippen molar-refractivity contribution in [1.29, 1.82) is 0 Å². The molecule has 1 aliphatic rings. The van der Waals surface area contributed by atoms with Gasteiger partial charge in [-0.15, -0.1) is 11.3 Å². The predicted molar refractivity (Wildman–Crippen MR) is 136 cm³/mol. The molecule has 1 fully saturated rings. The van der Waals surface area contributed by atoms with Gasteiger partial charge in [0.15, 0.2) is 18.1 Å². The third kappa shape index (κ3) is 6.99. The van der Waals surface area contributed by atoms with E-state index in [1.54, 1.807) is 41.5 Å². The van der Waals surface area contributed by atoms with Gasteiger partial charge in [-0.2, -0.15) is 0 Å². The number of carbonyl (C=O) groups is 2. The van der Waals surface area contributed by atoms with E-state index in [0.29, 0.717) is 42.6 Å². The lowest BCUT2D eigenvalue weighted by Crippen LogP contribution is -2.34. The van der Waals surface area contributed by atoms with Gasteiger partial charge in [-0.25, -0.2) is 0 Å². The lowest BCUT2D eigenvalue weighted by molar-refractivity contribution is -0.133. The van der Waals surface area contributed by atoms with Gasteiger partial charge in [0.25, 0.3) is 5.91 Å². The van der Waals surface area contributed by atoms with Crippen LogP contribution in [0, 0.1) is 5.92 Å². The first-order valence-corrected chi connectivity index (χ1v) is 12.6. The van der Waals surface area contributed by atoms with Crippen LogP contribution >= 0.6 is 11.3 Å². The van der Waals surface area contributed by atoms with E-state index in [2.05, 4.69) is 5.32 Å². The first-order chi connectivity index (χ1) is 17.1. The number of thiophene rings is 1. The number of ether oxygens (including phenoxy) is 3. The SMILES string of the molecule is CCN(Cc1ccc(OCc2cccs2)c(OC)c1)C(=O)COc1cccc(NC(=O)C2CC2)c1. The van der Waals surface area contributed by atoms with Crippen LogP contribution in [0.15, 0.2) is 60.0 Å². The fourth-order valence-electron chi connectivity index (χ4n) is 3.56. The van der Waals surface area contributed by atoms with Crippen molar-refractivity contribution in [2.24, 2.45) is 5.92 Å². The fourth-order valence-corrected chi connectivity index (χ4v) is 4.18. The van der Waals surface area contributed by atoms with Crippen LogP contribution in [0.5, 0.6) is 17.2 Å². The standard InChI is InChI=1S/C27H30N2O5S/c1-3-29(16-19-9-12-24(25(14-19)32-2)34-17-23-8-5-13-35-23)26(30)18-33-22-7-4-6-21(15-22)28-27(31)20-10-11-20/h4-9,12-15,20H,3,10-11,16-18H2,1-2H3,(H,28,31). The molecule has 7 nitrogen and oxygen atoms in total. The molecular weight excluding hydrogens is 464 g/mol. The molecule has 2 amide bonds. The number of anilines is 1. The van der Waals surface area contributed by atoms with Crippen LogP contribution < -0.4 is 19.5 Å². The molecule has 1 saturated carbocycles. The first kappa shape index (κ1) is 24.6. The summed E-state index contributed by atoms with van der Waals surface area (Å²) in [5.41, 5.74) is 1.61. The third-order valence-electron chi connectivity index (χ3n) is 5.70. The van der Waals surface area contributed by atoms with E-state index in [4.69, 9.17) is 14.2 Å². The van der Waals surface area contributed by atoms with Gasteiger partial charge in [0.1, 0.15) is 12.4 Å². The van der Waals surface area contributed by atoms with Crippen molar-refractivity contribution in [3.8, 4) is 17.2 Å². The highest BCUT2D eigenvalue weighted by Crippen LogP contribution is 2.31. The van der Waals surface area contributed by atoms with Crippen LogP contribution in [0.2, 0.25) is 0 Å². The minimum absolute atomic E-state index is 0.0359. The lowest BCUT2D eigenvalue weighted by Gasteiger charge is -2.22. The van der Waals surface area contributed by atoms with Gasteiger partial charge in [0.05, 0.1) is 7.11 Å². The Morgan fingerprint density at radius 1 is 1.06 bits per heavy atom. The van der Waals surface area contributed by atoms with E-state index in [9.17, 15) is 9.59 Å². The topological polar surface area (TPSA) is 77.1 Å². The maximum atomic E-state index is 12.8. The van der Waals surface area contributed by atoms with Crippen molar-refractivity contribution in [2.45, 2.75) is 32.9 Å². The number of rotatable bonds is 12. The zero-order valence-corrected chi connectivity index (χ0v) is 20.8. The van der Waals surface area contributed by atoms with Crippen LogP contribution in [0.3, 0.4) is 0 Å². The summed E-state index contributed by atoms with van der Waals surface area (Å²) in [7, 11) is 1.61. The zero-order valence-electron chi connectivity index (χ0n) is 20.0. The Morgan fingerprint density at radius 3 is 2.63 bits per heavy atom. The molecule has 35 heavy (non-hydrogen) atoms. The van der Waals surface area contributed by atoms with Crippen LogP contribution in [0.4, 0.5) is 5.69 Å². The number of carbonyl (C=O) groups excluding carboxylic acids is 2. The molecule has 0 unspecified atom stereocenters. The summed E-state index contributed by atoms with van der Waals surface area (Å²) in [6.45, 7) is 3.29. The highest BCUT2D eigenvalue weighted by Gasteiger charge is 2.29. The van der Waals surface area contributed by atoms with Gasteiger partial charge < -0.3 is 24.4 Å². The summed E-state index contributed by atoms with van der Waals surface area (Å²) in [5.74, 6) is 1.86. The normalized spacial score (nSPS) is 12.6. The number of hydrogen-bond donors (Lipinski definition) is 1. The van der Waals surface area contributed by atoms with Crippen molar-refractivity contribution >= 4 is 28.8 Å². The summed E-state index contributed by atoms with van der Waals surface area (Å²) in [4.78, 5) is 27.7. The molecule has 3 aromatic rings. The van der Waals surface area contributed by atoms with E-state index in [1.807, 2.05) is 48.7 Å². The van der Waals surface area contributed by atoms with Gasteiger partial charge in [0, 0.05) is 35.6 Å². The Kier molecular flexibility index (Phi) is 8.26. The third-order valence-corrected chi connectivity index (χ3v) is 6.55. The minimum atomic E-state index is -0.128. The number of methoxy groups -OCH3 is 1. The smallest absolute Gasteiger partial charge is 0.260 e. The zero-order chi connectivity index (χ0) is 24.6. The van der Waals surface area contributed by atoms with Crippen molar-refractivity contribution in [3.05, 3.63) is 70.4 Å². The van der Waals surface area contributed by atoms with E-state index >= 15 is 0 Å². The average molecular weight is 495 g/mol. The van der Waals surface area contributed by atoms with Crippen molar-refractivity contribution in [3.63, 3.8) is 0 Å². The summed E-state index contributed by atoms with van der Waals surface area (Å²) >= 11 is 1.64. The van der Waals surface area contributed by atoms with Gasteiger partial charge in [-0.3, -0.25) is 9.59 Å². The Balaban J connectivity index is 1.32. The van der Waals surface area contributed by atoms with Crippen LogP contribution in [0.1, 0.15) is 30.2 Å². The second kappa shape index (κ2) is 11.8. The van der Waals surface area contributed by atoms with E-state index < -0.39 is 0 Å². The molecule has 184 valence electrons. The maximum absolute atomic E-state index is 12.8. The molecular formula is C27H30N2O5S. The highest BCUT2D eigenvalue weighted by atomic mass is 32.1. The maximum Gasteiger partial charge on any atom is 0.260 e. The largest absolute Gasteiger partial charge is 0.493 e. The molecule has 8 heteroatoms. The molecule has 0 bridgehead atoms. The molecule has 4 rings (SSSR count). The summed E-state index contributed by atoms with van der Waals surface area (Å²) in [6, 6.07) is 16.9. The molecule has 2 aromatic carbocycles. The Morgan fingerprint density at radius 2 is 1.91 bits per heavy atom. The molecule has 0 saturated heterocycles. The highest BCUT2D eigenvalue weighted by molar-refractivity contribution is 7.09. The predicted octanol–water partition coefficient (Wildman–Crippen LogP) is 5.11. The molecule has 0 aliphatic heterocycles. The lowest BCUT2D eigenvalue weighted by atomic mass is 10.2. The second-order valence-electron chi connectivity index (χ2n) is 8.34. The van der Waals surface area contributed by atoms with Crippen molar-refractivity contribution < 1.29 is 23.8 Å². The molecule has 1 N–H and O–H groups in total. The molecule has 0 atom stereocenters. The number of benzene rings is 2. The fraction of sp³-hybridized carbons (Fsp3) is 0.333. The molecule has 1 aliphatic carbocycles. The van der Waals surface area contributed by atoms with Crippen LogP contribution in [0.25, 0.3) is 0 Å². The van der Waals surface area contributed by atoms with Gasteiger partial charge >= 0.3 is 0 Å². The minimum Gasteiger partial charge on any atom is -0.493 e. The Hall–Kier alpha value is -3.52. The van der Waals surface area contributed by atoms with E-state index in [1.165, 1.54) is 0 Å². The molecule has 1 aromatic heterocycles. The van der Waals surface area contributed by atoms with E-state index in [-0.39, 0.29) is 24.3 Å². The molecule has 1 heterocycles. The first-order valence-electron chi connectivity index (χ1n) is 11.7. The Labute approximate surface area is 209 Å². The average Bonchev–Trinajstić information content (AvgIpc) is 3.61. The number of hydrogen-bond acceptors (Lipinski definition) is 6. The van der Waals surface area contributed by atoms with Crippen LogP contribution in [-0.4, -0.2) is 37.0 Å². The number of nitrogens with one attached hydrogen (secondary N) is 1. The summed E-state index contributed by atoms with van der Waals surface area (Å²) in [5, 5.41) is 4.91. The van der Waals surface area contributed by atoms with E-state index in [0.717, 1.165) is 23.3 Å². The quantitative estimate of drug-likeness (QED) is 0.379. The summed E-state index contributed by atoms with van der Waals surface area (Å²) < 4.78 is 17.1. The monoisotopic (exact) mass is 494 g/mol. The second-order valence-corrected chi connectivity index (χ2v) is 9.37. The van der Waals surface area contributed by atoms with Gasteiger partial charge in [-0.05, 0) is 61.0 Å². The van der Waals surface area contributed by atoms with Crippen molar-refractivity contribution in [1.82, 2.24) is 4.90 Å². The van der Waals surface area contributed by atoms with Gasteiger partial charge in [0.2, 0.25) is 5.91 Å². The molecule has 0 spiro atoms. The number of nitrogens with zero attached hydrogens (tertiary/aromatic N) is 1. The van der Waals surface area contributed by atoms with Crippen LogP contribution in [-0.2, 0) is 22.7 Å². The number of likely N-dealkylation sites (N-methyl/N-ethyl adjacent to an activating group) is 1. The Bertz CT molecular complexity index is 1140. The number of amides is 2. The summed E-state index contributed by atoms with van der Waals surface area (Å²) in [6.07, 6.45) is 1.89.